The zero-order valence-electron chi connectivity index (χ0n) is 11.3. The minimum Gasteiger partial charge on any atom is -0.435 e. The van der Waals surface area contributed by atoms with Gasteiger partial charge in [-0.1, -0.05) is 20.8 Å². The van der Waals surface area contributed by atoms with Gasteiger partial charge < -0.3 is 9.47 Å². The predicted molar refractivity (Wildman–Crippen MR) is 65.3 cm³/mol. The number of fused-ring (bicyclic) bond motifs is 1. The van der Waals surface area contributed by atoms with Crippen molar-refractivity contribution in [3.8, 4) is 0 Å². The molecule has 0 N–H and O–H groups in total. The number of carbonyl (C=O) groups is 1. The number of cyclic esters (lactones) is 1. The van der Waals surface area contributed by atoms with Crippen LogP contribution >= 0.6 is 0 Å². The van der Waals surface area contributed by atoms with Gasteiger partial charge in [0.25, 0.3) is 0 Å². The maximum absolute atomic E-state index is 12.0. The van der Waals surface area contributed by atoms with Gasteiger partial charge in [0.2, 0.25) is 6.29 Å². The van der Waals surface area contributed by atoms with Gasteiger partial charge in [-0.2, -0.15) is 0 Å². The van der Waals surface area contributed by atoms with Crippen LogP contribution in [0.3, 0.4) is 0 Å². The first-order valence-corrected chi connectivity index (χ1v) is 6.90. The SMILES string of the molecule is CCC(C)OC1OC(=O)C2C(CC[C@@H]2C)C1C. The summed E-state index contributed by atoms with van der Waals surface area (Å²) in [6.07, 6.45) is 3.06. The molecule has 5 unspecified atom stereocenters. The molecule has 0 amide bonds. The Kier molecular flexibility index (Phi) is 3.76. The lowest BCUT2D eigenvalue weighted by atomic mass is 9.80. The highest BCUT2D eigenvalue weighted by Gasteiger charge is 2.49. The fourth-order valence-electron chi connectivity index (χ4n) is 3.21. The van der Waals surface area contributed by atoms with E-state index in [4.69, 9.17) is 9.47 Å². The second kappa shape index (κ2) is 4.97. The van der Waals surface area contributed by atoms with Crippen molar-refractivity contribution >= 4 is 5.97 Å². The molecule has 17 heavy (non-hydrogen) atoms. The molecule has 2 rings (SSSR count). The van der Waals surface area contributed by atoms with E-state index in [2.05, 4.69) is 20.8 Å². The van der Waals surface area contributed by atoms with Crippen LogP contribution in [0.25, 0.3) is 0 Å². The van der Waals surface area contributed by atoms with E-state index in [0.29, 0.717) is 17.8 Å². The van der Waals surface area contributed by atoms with Crippen molar-refractivity contribution in [3.63, 3.8) is 0 Å². The highest BCUT2D eigenvalue weighted by atomic mass is 16.7. The van der Waals surface area contributed by atoms with Crippen molar-refractivity contribution in [2.75, 3.05) is 0 Å². The Bertz CT molecular complexity index is 289. The summed E-state index contributed by atoms with van der Waals surface area (Å²) in [4.78, 5) is 12.0. The summed E-state index contributed by atoms with van der Waals surface area (Å²) >= 11 is 0. The second-order valence-corrected chi connectivity index (χ2v) is 5.76. The summed E-state index contributed by atoms with van der Waals surface area (Å²) in [5.74, 6) is 1.34. The van der Waals surface area contributed by atoms with E-state index in [-0.39, 0.29) is 24.3 Å². The smallest absolute Gasteiger partial charge is 0.311 e. The van der Waals surface area contributed by atoms with Crippen molar-refractivity contribution < 1.29 is 14.3 Å². The molecule has 0 aromatic carbocycles. The molecule has 6 atom stereocenters. The lowest BCUT2D eigenvalue weighted by Crippen LogP contribution is -2.45. The second-order valence-electron chi connectivity index (χ2n) is 5.76. The molecule has 1 aliphatic carbocycles. The van der Waals surface area contributed by atoms with Crippen molar-refractivity contribution in [2.24, 2.45) is 23.7 Å². The number of rotatable bonds is 3. The Balaban J connectivity index is 2.06. The summed E-state index contributed by atoms with van der Waals surface area (Å²) in [6.45, 7) is 8.44. The van der Waals surface area contributed by atoms with Gasteiger partial charge in [-0.25, -0.2) is 0 Å². The Labute approximate surface area is 104 Å². The minimum atomic E-state index is -0.330. The zero-order chi connectivity index (χ0) is 12.6. The lowest BCUT2D eigenvalue weighted by Gasteiger charge is -2.38. The number of hydrogen-bond acceptors (Lipinski definition) is 3. The number of ether oxygens (including phenoxy) is 2. The third kappa shape index (κ3) is 2.35. The van der Waals surface area contributed by atoms with E-state index in [1.54, 1.807) is 0 Å². The molecule has 0 radical (unpaired) electrons. The minimum absolute atomic E-state index is 0.0357. The maximum atomic E-state index is 12.0. The average Bonchev–Trinajstić information content (AvgIpc) is 2.68. The number of hydrogen-bond donors (Lipinski definition) is 0. The van der Waals surface area contributed by atoms with Crippen LogP contribution in [0, 0.1) is 23.7 Å². The summed E-state index contributed by atoms with van der Waals surface area (Å²) in [5.41, 5.74) is 0. The van der Waals surface area contributed by atoms with Gasteiger partial charge in [-0.15, -0.1) is 0 Å². The van der Waals surface area contributed by atoms with Crippen LogP contribution in [0.2, 0.25) is 0 Å². The predicted octanol–water partition coefficient (Wildman–Crippen LogP) is 2.98. The van der Waals surface area contributed by atoms with Crippen LogP contribution in [0.15, 0.2) is 0 Å². The van der Waals surface area contributed by atoms with Crippen LogP contribution < -0.4 is 0 Å². The Morgan fingerprint density at radius 2 is 2.12 bits per heavy atom. The monoisotopic (exact) mass is 240 g/mol. The number of carbonyl (C=O) groups excluding carboxylic acids is 1. The summed E-state index contributed by atoms with van der Waals surface area (Å²) in [5, 5.41) is 0. The normalized spacial score (nSPS) is 43.1. The average molecular weight is 240 g/mol. The summed E-state index contributed by atoms with van der Waals surface area (Å²) in [7, 11) is 0. The molecule has 0 aromatic rings. The Morgan fingerprint density at radius 1 is 1.41 bits per heavy atom. The Morgan fingerprint density at radius 3 is 2.76 bits per heavy atom. The maximum Gasteiger partial charge on any atom is 0.311 e. The lowest BCUT2D eigenvalue weighted by molar-refractivity contribution is -0.230. The van der Waals surface area contributed by atoms with E-state index in [0.717, 1.165) is 19.3 Å². The third-order valence-electron chi connectivity index (χ3n) is 4.58. The van der Waals surface area contributed by atoms with Crippen LogP contribution in [0.1, 0.15) is 47.0 Å². The molecule has 2 fully saturated rings. The van der Waals surface area contributed by atoms with Gasteiger partial charge in [-0.3, -0.25) is 4.79 Å². The summed E-state index contributed by atoms with van der Waals surface area (Å²) in [6, 6.07) is 0. The zero-order valence-corrected chi connectivity index (χ0v) is 11.3. The van der Waals surface area contributed by atoms with E-state index < -0.39 is 0 Å². The van der Waals surface area contributed by atoms with Gasteiger partial charge in [0.15, 0.2) is 0 Å². The topological polar surface area (TPSA) is 35.5 Å². The van der Waals surface area contributed by atoms with Crippen molar-refractivity contribution in [3.05, 3.63) is 0 Å². The van der Waals surface area contributed by atoms with Crippen molar-refractivity contribution in [1.82, 2.24) is 0 Å². The van der Waals surface area contributed by atoms with Gasteiger partial charge >= 0.3 is 5.97 Å². The standard InChI is InChI=1S/C14H24O3/c1-5-9(3)16-14-10(4)11-7-6-8(2)12(11)13(15)17-14/h8-12,14H,5-7H2,1-4H3/t8-,9?,10?,11?,12?,14?/m0/s1. The van der Waals surface area contributed by atoms with E-state index in [9.17, 15) is 4.79 Å². The molecule has 1 aliphatic heterocycles. The fraction of sp³-hybridized carbons (Fsp3) is 0.929. The van der Waals surface area contributed by atoms with Gasteiger partial charge in [0.1, 0.15) is 0 Å². The third-order valence-corrected chi connectivity index (χ3v) is 4.58. The van der Waals surface area contributed by atoms with Crippen LogP contribution in [0.5, 0.6) is 0 Å². The Hall–Kier alpha value is -0.570. The molecule has 3 nitrogen and oxygen atoms in total. The molecule has 1 saturated carbocycles. The first kappa shape index (κ1) is 12.9. The molecule has 1 saturated heterocycles. The van der Waals surface area contributed by atoms with Crippen molar-refractivity contribution in [2.45, 2.75) is 59.4 Å². The van der Waals surface area contributed by atoms with E-state index in [1.807, 2.05) is 6.92 Å². The number of esters is 1. The van der Waals surface area contributed by atoms with Crippen LogP contribution in [0.4, 0.5) is 0 Å². The molecule has 1 heterocycles. The van der Waals surface area contributed by atoms with E-state index >= 15 is 0 Å². The summed E-state index contributed by atoms with van der Waals surface area (Å²) < 4.78 is 11.3. The largest absolute Gasteiger partial charge is 0.435 e. The van der Waals surface area contributed by atoms with Gasteiger partial charge in [0, 0.05) is 5.92 Å². The van der Waals surface area contributed by atoms with Crippen molar-refractivity contribution in [1.29, 1.82) is 0 Å². The highest BCUT2D eigenvalue weighted by molar-refractivity contribution is 5.74. The highest BCUT2D eigenvalue weighted by Crippen LogP contribution is 2.46. The molecular weight excluding hydrogens is 216 g/mol. The van der Waals surface area contributed by atoms with Crippen LogP contribution in [-0.2, 0) is 14.3 Å². The fourth-order valence-corrected chi connectivity index (χ4v) is 3.21. The van der Waals surface area contributed by atoms with Gasteiger partial charge in [0.05, 0.1) is 12.0 Å². The molecular formula is C14H24O3. The molecule has 0 bridgehead atoms. The quantitative estimate of drug-likeness (QED) is 0.711. The van der Waals surface area contributed by atoms with E-state index in [1.165, 1.54) is 0 Å². The molecule has 2 aliphatic rings. The first-order valence-electron chi connectivity index (χ1n) is 6.90. The molecule has 0 spiro atoms. The van der Waals surface area contributed by atoms with Crippen LogP contribution in [-0.4, -0.2) is 18.4 Å². The molecule has 98 valence electrons. The first-order chi connectivity index (χ1) is 8.04. The van der Waals surface area contributed by atoms with Gasteiger partial charge in [-0.05, 0) is 38.0 Å². The molecule has 0 aromatic heterocycles. The molecule has 3 heteroatoms.